The van der Waals surface area contributed by atoms with Crippen LogP contribution in [0.1, 0.15) is 27.1 Å². The Labute approximate surface area is 148 Å². The third kappa shape index (κ3) is 12.4. The van der Waals surface area contributed by atoms with Crippen molar-refractivity contribution in [2.45, 2.75) is 25.7 Å². The van der Waals surface area contributed by atoms with Gasteiger partial charge in [-0.2, -0.15) is 0 Å². The molecule has 0 heterocycles. The Kier molecular flexibility index (Phi) is 14.9. The molecule has 0 aliphatic rings. The molecular formula is C10H14FeNaO8-. The van der Waals surface area contributed by atoms with E-state index in [9.17, 15) is 19.2 Å². The van der Waals surface area contributed by atoms with Crippen LogP contribution in [0.4, 0.5) is 0 Å². The fraction of sp³-hybridized carbons (Fsp3) is 0.500. The van der Waals surface area contributed by atoms with Crippen LogP contribution in [0, 0.1) is 11.8 Å². The summed E-state index contributed by atoms with van der Waals surface area (Å²) in [6, 6.07) is 0. The molecule has 0 aliphatic heterocycles. The monoisotopic (exact) mass is 341 g/mol. The minimum absolute atomic E-state index is 0. The van der Waals surface area contributed by atoms with Crippen LogP contribution in [0.3, 0.4) is 0 Å². The van der Waals surface area contributed by atoms with Gasteiger partial charge in [0.25, 0.3) is 11.9 Å². The summed E-state index contributed by atoms with van der Waals surface area (Å²) in [5, 5.41) is 34.4. The molecule has 0 aliphatic carbocycles. The van der Waals surface area contributed by atoms with Gasteiger partial charge < -0.3 is 21.9 Å². The number of hydrogen-bond acceptors (Lipinski definition) is 4. The molecule has 0 saturated carbocycles. The third-order valence-electron chi connectivity index (χ3n) is 2.18. The zero-order chi connectivity index (χ0) is 14.3. The first kappa shape index (κ1) is 24.4. The van der Waals surface area contributed by atoms with Gasteiger partial charge >= 0.3 is 41.5 Å². The molecule has 20 heavy (non-hydrogen) atoms. The van der Waals surface area contributed by atoms with Gasteiger partial charge in [-0.3, -0.25) is 25.1 Å². The normalized spacial score (nSPS) is 9.50. The van der Waals surface area contributed by atoms with Crippen molar-refractivity contribution >= 4 is 23.9 Å². The first-order valence-corrected chi connectivity index (χ1v) is 4.94. The van der Waals surface area contributed by atoms with Gasteiger partial charge in [-0.1, -0.05) is 12.8 Å². The van der Waals surface area contributed by atoms with Crippen molar-refractivity contribution in [1.29, 1.82) is 0 Å². The Bertz CT molecular complexity index is 299. The van der Waals surface area contributed by atoms with E-state index in [1.807, 2.05) is 0 Å². The maximum Gasteiger partial charge on any atom is 1.00 e. The molecule has 0 saturated heterocycles. The van der Waals surface area contributed by atoms with Gasteiger partial charge in [0.05, 0.1) is 0 Å². The van der Waals surface area contributed by atoms with E-state index >= 15 is 0 Å². The summed E-state index contributed by atoms with van der Waals surface area (Å²) < 4.78 is 0. The van der Waals surface area contributed by atoms with Crippen LogP contribution in [-0.2, 0) is 36.2 Å². The summed E-state index contributed by atoms with van der Waals surface area (Å²) in [5.41, 5.74) is 0. The molecule has 0 spiro atoms. The molecule has 0 rings (SSSR count). The first-order valence-electron chi connectivity index (χ1n) is 4.94. The molecule has 10 heteroatoms. The van der Waals surface area contributed by atoms with E-state index in [1.165, 1.54) is 0 Å². The molecule has 8 nitrogen and oxygen atoms in total. The van der Waals surface area contributed by atoms with Crippen molar-refractivity contribution in [2.24, 2.45) is 5.92 Å². The van der Waals surface area contributed by atoms with Gasteiger partial charge in [0, 0.05) is 29.9 Å². The van der Waals surface area contributed by atoms with Crippen LogP contribution in [0.15, 0.2) is 0 Å². The molecule has 0 aromatic heterocycles. The minimum atomic E-state index is -1.33. The third-order valence-corrected chi connectivity index (χ3v) is 2.18. The van der Waals surface area contributed by atoms with Crippen LogP contribution in [-0.4, -0.2) is 44.3 Å². The van der Waals surface area contributed by atoms with Crippen LogP contribution in [0.5, 0.6) is 0 Å². The second-order valence-corrected chi connectivity index (χ2v) is 3.69. The predicted octanol–water partition coefficient (Wildman–Crippen LogP) is -2.81. The molecule has 0 radical (unpaired) electrons. The number of carboxylic acids is 4. The summed E-state index contributed by atoms with van der Waals surface area (Å²) >= 11 is 0. The van der Waals surface area contributed by atoms with E-state index in [0.29, 0.717) is 0 Å². The molecule has 0 unspecified atom stereocenters. The van der Waals surface area contributed by atoms with Crippen LogP contribution in [0.25, 0.3) is 0 Å². The van der Waals surface area contributed by atoms with Crippen LogP contribution < -0.4 is 29.6 Å². The van der Waals surface area contributed by atoms with E-state index in [-0.39, 0.29) is 54.0 Å². The van der Waals surface area contributed by atoms with Gasteiger partial charge in [0.2, 0.25) is 0 Å². The van der Waals surface area contributed by atoms with Crippen molar-refractivity contribution in [2.75, 3.05) is 0 Å². The SMILES string of the molecule is O=C(O)C[C-](CC(=O)O)C(CC(=O)O)CC(=O)O.[Fe].[H-].[Na+]. The standard InChI is InChI=1S/C10H13O8.Fe.Na.H/c11-7(12)1-5(2-8(13)14)6(3-9(15)16)4-10(17)18;;;/h5H,1-4H2,(H,11,12)(H,13,14)(H,15,16)(H,17,18);;;/q-1;;+1;-1. The van der Waals surface area contributed by atoms with Crippen LogP contribution >= 0.6 is 0 Å². The van der Waals surface area contributed by atoms with Gasteiger partial charge in [-0.05, 0) is 0 Å². The van der Waals surface area contributed by atoms with E-state index in [0.717, 1.165) is 0 Å². The molecule has 0 atom stereocenters. The quantitative estimate of drug-likeness (QED) is 0.259. The summed E-state index contributed by atoms with van der Waals surface area (Å²) in [4.78, 5) is 42.2. The molecule has 0 aromatic rings. The average Bonchev–Trinajstić information content (AvgIpc) is 2.12. The molecule has 0 amide bonds. The molecule has 0 aromatic carbocycles. The summed E-state index contributed by atoms with van der Waals surface area (Å²) in [6.45, 7) is 0. The largest absolute Gasteiger partial charge is 1.00 e. The summed E-state index contributed by atoms with van der Waals surface area (Å²) in [7, 11) is 0. The Balaban J connectivity index is -0.000000482. The van der Waals surface area contributed by atoms with Gasteiger partial charge in [-0.15, -0.1) is 5.92 Å². The van der Waals surface area contributed by atoms with Crippen molar-refractivity contribution < 1.29 is 87.7 Å². The molecule has 0 fully saturated rings. The second-order valence-electron chi connectivity index (χ2n) is 3.69. The number of carboxylic acid groups (broad SMARTS) is 4. The Morgan fingerprint density at radius 2 is 1.10 bits per heavy atom. The smallest absolute Gasteiger partial charge is 1.00 e. The van der Waals surface area contributed by atoms with E-state index in [4.69, 9.17) is 20.4 Å². The maximum absolute atomic E-state index is 10.6. The molecular weight excluding hydrogens is 327 g/mol. The molecule has 0 bridgehead atoms. The number of aliphatic carboxylic acids is 4. The minimum Gasteiger partial charge on any atom is -1.00 e. The first-order chi connectivity index (χ1) is 8.22. The van der Waals surface area contributed by atoms with Crippen molar-refractivity contribution in [3.8, 4) is 0 Å². The van der Waals surface area contributed by atoms with E-state index < -0.39 is 55.5 Å². The van der Waals surface area contributed by atoms with Crippen molar-refractivity contribution in [3.63, 3.8) is 0 Å². The predicted molar refractivity (Wildman–Crippen MR) is 56.9 cm³/mol. The Hall–Kier alpha value is -0.601. The molecule has 4 N–H and O–H groups in total. The number of carbonyl (C=O) groups is 4. The molecule has 112 valence electrons. The maximum atomic E-state index is 10.6. The van der Waals surface area contributed by atoms with Crippen molar-refractivity contribution in [3.05, 3.63) is 5.92 Å². The number of rotatable bonds is 9. The zero-order valence-corrected chi connectivity index (χ0v) is 13.8. The topological polar surface area (TPSA) is 149 Å². The fourth-order valence-corrected chi connectivity index (χ4v) is 1.52. The van der Waals surface area contributed by atoms with Gasteiger partial charge in [0.1, 0.15) is 0 Å². The average molecular weight is 341 g/mol. The van der Waals surface area contributed by atoms with Gasteiger partial charge in [0.15, 0.2) is 0 Å². The summed E-state index contributed by atoms with van der Waals surface area (Å²) in [6.07, 6.45) is -2.53. The fourth-order valence-electron chi connectivity index (χ4n) is 1.52. The van der Waals surface area contributed by atoms with Gasteiger partial charge in [-0.25, -0.2) is 0 Å². The Morgan fingerprint density at radius 3 is 1.30 bits per heavy atom. The Morgan fingerprint density at radius 1 is 0.800 bits per heavy atom. The van der Waals surface area contributed by atoms with Crippen LogP contribution in [0.2, 0.25) is 0 Å². The second kappa shape index (κ2) is 12.2. The van der Waals surface area contributed by atoms with E-state index in [2.05, 4.69) is 0 Å². The van der Waals surface area contributed by atoms with E-state index in [1.54, 1.807) is 0 Å². The zero-order valence-electron chi connectivity index (χ0n) is 11.7. The summed E-state index contributed by atoms with van der Waals surface area (Å²) in [5.74, 6) is -6.49. The van der Waals surface area contributed by atoms with Crippen molar-refractivity contribution in [1.82, 2.24) is 0 Å². The number of hydrogen-bond donors (Lipinski definition) is 4.